The second-order valence-electron chi connectivity index (χ2n) is 7.34. The number of thiazole rings is 1. The van der Waals surface area contributed by atoms with Gasteiger partial charge >= 0.3 is 0 Å². The van der Waals surface area contributed by atoms with Crippen molar-refractivity contribution < 1.29 is 14.3 Å². The van der Waals surface area contributed by atoms with E-state index < -0.39 is 0 Å². The first-order valence-corrected chi connectivity index (χ1v) is 11.0. The highest BCUT2D eigenvalue weighted by Gasteiger charge is 2.14. The third kappa shape index (κ3) is 4.72. The van der Waals surface area contributed by atoms with Crippen molar-refractivity contribution in [3.05, 3.63) is 70.9 Å². The molecular weight excluding hydrogens is 410 g/mol. The Hall–Kier alpha value is -3.32. The van der Waals surface area contributed by atoms with Crippen LogP contribution in [0.4, 0.5) is 0 Å². The molecule has 0 radical (unpaired) electrons. The summed E-state index contributed by atoms with van der Waals surface area (Å²) in [5.41, 5.74) is 5.14. The van der Waals surface area contributed by atoms with Gasteiger partial charge < -0.3 is 14.8 Å². The Bertz CT molecular complexity index is 1210. The summed E-state index contributed by atoms with van der Waals surface area (Å²) in [4.78, 5) is 18.0. The Morgan fingerprint density at radius 1 is 1.13 bits per heavy atom. The lowest BCUT2D eigenvalue weighted by Crippen LogP contribution is -2.27. The van der Waals surface area contributed by atoms with E-state index in [4.69, 9.17) is 14.5 Å². The summed E-state index contributed by atoms with van der Waals surface area (Å²) >= 11 is 1.53. The Balaban J connectivity index is 1.43. The minimum absolute atomic E-state index is 0.00807. The van der Waals surface area contributed by atoms with Crippen LogP contribution in [0.3, 0.4) is 0 Å². The van der Waals surface area contributed by atoms with Gasteiger partial charge in [-0.05, 0) is 37.1 Å². The van der Waals surface area contributed by atoms with Crippen molar-refractivity contribution in [1.82, 2.24) is 14.7 Å². The number of amides is 1. The molecule has 0 spiro atoms. The number of nitrogens with one attached hydrogen (secondary N) is 1. The van der Waals surface area contributed by atoms with Gasteiger partial charge in [-0.2, -0.15) is 0 Å². The molecule has 0 unspecified atom stereocenters. The number of hydrogen-bond donors (Lipinski definition) is 1. The van der Waals surface area contributed by atoms with Gasteiger partial charge in [-0.1, -0.05) is 29.8 Å². The molecule has 0 saturated carbocycles. The van der Waals surface area contributed by atoms with Crippen LogP contribution in [0.25, 0.3) is 16.2 Å². The minimum Gasteiger partial charge on any atom is -0.493 e. The number of aromatic nitrogens is 2. The van der Waals surface area contributed by atoms with E-state index in [2.05, 4.69) is 30.4 Å². The Kier molecular flexibility index (Phi) is 6.23. The van der Waals surface area contributed by atoms with Crippen molar-refractivity contribution in [1.29, 1.82) is 0 Å². The number of hydrogen-bond acceptors (Lipinski definition) is 5. The SMILES string of the molecule is COc1ccc(-c2cn3c(CC(=O)NCCc4cccc(C)c4)csc3n2)cc1OC. The molecule has 2 aromatic carbocycles. The van der Waals surface area contributed by atoms with Crippen LogP contribution in [0.15, 0.2) is 54.0 Å². The van der Waals surface area contributed by atoms with Crippen LogP contribution in [0.2, 0.25) is 0 Å². The topological polar surface area (TPSA) is 64.9 Å². The molecule has 4 aromatic rings. The molecule has 7 heteroatoms. The van der Waals surface area contributed by atoms with Crippen LogP contribution < -0.4 is 14.8 Å². The smallest absolute Gasteiger partial charge is 0.225 e. The zero-order chi connectivity index (χ0) is 21.8. The van der Waals surface area contributed by atoms with E-state index in [-0.39, 0.29) is 5.91 Å². The predicted molar refractivity (Wildman–Crippen MR) is 123 cm³/mol. The zero-order valence-electron chi connectivity index (χ0n) is 17.8. The molecule has 6 nitrogen and oxygen atoms in total. The van der Waals surface area contributed by atoms with Crippen molar-refractivity contribution >= 4 is 22.2 Å². The minimum atomic E-state index is 0.00807. The van der Waals surface area contributed by atoms with Crippen LogP contribution in [0.5, 0.6) is 11.5 Å². The number of carbonyl (C=O) groups is 1. The zero-order valence-corrected chi connectivity index (χ0v) is 18.7. The lowest BCUT2D eigenvalue weighted by atomic mass is 10.1. The van der Waals surface area contributed by atoms with Gasteiger partial charge in [-0.15, -0.1) is 11.3 Å². The third-order valence-corrected chi connectivity index (χ3v) is 6.01. The van der Waals surface area contributed by atoms with Gasteiger partial charge in [-0.3, -0.25) is 9.20 Å². The number of imidazole rings is 1. The van der Waals surface area contributed by atoms with E-state index in [1.165, 1.54) is 22.5 Å². The van der Waals surface area contributed by atoms with E-state index in [1.807, 2.05) is 40.2 Å². The molecular formula is C24H25N3O3S. The molecule has 2 heterocycles. The summed E-state index contributed by atoms with van der Waals surface area (Å²) in [6.07, 6.45) is 3.10. The van der Waals surface area contributed by atoms with Crippen LogP contribution in [0, 0.1) is 6.92 Å². The Morgan fingerprint density at radius 3 is 2.74 bits per heavy atom. The second-order valence-corrected chi connectivity index (χ2v) is 8.18. The molecule has 1 amide bonds. The largest absolute Gasteiger partial charge is 0.493 e. The normalized spacial score (nSPS) is 10.9. The highest BCUT2D eigenvalue weighted by atomic mass is 32.1. The fourth-order valence-corrected chi connectivity index (χ4v) is 4.40. The standard InChI is InChI=1S/C24H25N3O3S/c1-16-5-4-6-17(11-16)9-10-25-23(28)13-19-15-31-24-26-20(14-27(19)24)18-7-8-21(29-2)22(12-18)30-3/h4-8,11-12,14-15H,9-10,13H2,1-3H3,(H,25,28). The lowest BCUT2D eigenvalue weighted by Gasteiger charge is -2.08. The van der Waals surface area contributed by atoms with Crippen LogP contribution in [-0.4, -0.2) is 36.1 Å². The number of aryl methyl sites for hydroxylation is 1. The molecule has 4 rings (SSSR count). The molecule has 0 aliphatic rings. The van der Waals surface area contributed by atoms with E-state index in [0.717, 1.165) is 28.3 Å². The lowest BCUT2D eigenvalue weighted by molar-refractivity contribution is -0.120. The van der Waals surface area contributed by atoms with Gasteiger partial charge in [-0.25, -0.2) is 4.98 Å². The number of nitrogens with zero attached hydrogens (tertiary/aromatic N) is 2. The fourth-order valence-electron chi connectivity index (χ4n) is 3.53. The number of carbonyl (C=O) groups excluding carboxylic acids is 1. The van der Waals surface area contributed by atoms with Gasteiger partial charge in [0.1, 0.15) is 0 Å². The third-order valence-electron chi connectivity index (χ3n) is 5.12. The molecule has 0 fully saturated rings. The Morgan fingerprint density at radius 2 is 1.97 bits per heavy atom. The van der Waals surface area contributed by atoms with Crippen molar-refractivity contribution in [2.75, 3.05) is 20.8 Å². The number of fused-ring (bicyclic) bond motifs is 1. The molecule has 31 heavy (non-hydrogen) atoms. The van der Waals surface area contributed by atoms with Crippen LogP contribution in [0.1, 0.15) is 16.8 Å². The van der Waals surface area contributed by atoms with Crippen molar-refractivity contribution in [2.45, 2.75) is 19.8 Å². The number of methoxy groups -OCH3 is 2. The molecule has 0 aliphatic carbocycles. The fraction of sp³-hybridized carbons (Fsp3) is 0.250. The van der Waals surface area contributed by atoms with Gasteiger partial charge in [0.15, 0.2) is 16.5 Å². The number of benzene rings is 2. The van der Waals surface area contributed by atoms with Crippen molar-refractivity contribution in [3.63, 3.8) is 0 Å². The summed E-state index contributed by atoms with van der Waals surface area (Å²) in [6, 6.07) is 14.1. The highest BCUT2D eigenvalue weighted by molar-refractivity contribution is 7.15. The molecule has 1 N–H and O–H groups in total. The summed E-state index contributed by atoms with van der Waals surface area (Å²) in [6.45, 7) is 2.70. The first kappa shape index (κ1) is 20.9. The quantitative estimate of drug-likeness (QED) is 0.448. The Labute approximate surface area is 185 Å². The van der Waals surface area contributed by atoms with Gasteiger partial charge in [0.25, 0.3) is 0 Å². The molecule has 0 bridgehead atoms. The summed E-state index contributed by atoms with van der Waals surface area (Å²) in [5, 5.41) is 5.01. The first-order valence-electron chi connectivity index (χ1n) is 10.1. The average Bonchev–Trinajstić information content (AvgIpc) is 3.35. The van der Waals surface area contributed by atoms with Gasteiger partial charge in [0.05, 0.1) is 26.3 Å². The average molecular weight is 436 g/mol. The van der Waals surface area contributed by atoms with Crippen LogP contribution in [-0.2, 0) is 17.6 Å². The maximum atomic E-state index is 12.5. The maximum absolute atomic E-state index is 12.5. The summed E-state index contributed by atoms with van der Waals surface area (Å²) < 4.78 is 12.7. The summed E-state index contributed by atoms with van der Waals surface area (Å²) in [5.74, 6) is 1.34. The maximum Gasteiger partial charge on any atom is 0.225 e. The van der Waals surface area contributed by atoms with Gasteiger partial charge in [0, 0.05) is 29.4 Å². The van der Waals surface area contributed by atoms with E-state index in [0.29, 0.717) is 24.5 Å². The van der Waals surface area contributed by atoms with E-state index >= 15 is 0 Å². The van der Waals surface area contributed by atoms with E-state index in [1.54, 1.807) is 14.2 Å². The second kappa shape index (κ2) is 9.22. The number of rotatable bonds is 8. The van der Waals surface area contributed by atoms with Crippen LogP contribution >= 0.6 is 11.3 Å². The summed E-state index contributed by atoms with van der Waals surface area (Å²) in [7, 11) is 3.23. The highest BCUT2D eigenvalue weighted by Crippen LogP contribution is 2.32. The first-order chi connectivity index (χ1) is 15.1. The molecule has 2 aromatic heterocycles. The van der Waals surface area contributed by atoms with Crippen molar-refractivity contribution in [3.8, 4) is 22.8 Å². The number of ether oxygens (including phenoxy) is 2. The van der Waals surface area contributed by atoms with Crippen molar-refractivity contribution in [2.24, 2.45) is 0 Å². The monoisotopic (exact) mass is 435 g/mol. The molecule has 0 aliphatic heterocycles. The molecule has 0 atom stereocenters. The van der Waals surface area contributed by atoms with E-state index in [9.17, 15) is 4.79 Å². The van der Waals surface area contributed by atoms with Gasteiger partial charge in [0.2, 0.25) is 5.91 Å². The molecule has 160 valence electrons. The predicted octanol–water partition coefficient (Wildman–Crippen LogP) is 4.29. The molecule has 0 saturated heterocycles.